The van der Waals surface area contributed by atoms with Crippen LogP contribution in [0.2, 0.25) is 0 Å². The Morgan fingerprint density at radius 1 is 1.28 bits per heavy atom. The van der Waals surface area contributed by atoms with Gasteiger partial charge in [0.05, 0.1) is 0 Å². The van der Waals surface area contributed by atoms with Crippen molar-refractivity contribution >= 4 is 5.78 Å². The second-order valence-electron chi connectivity index (χ2n) is 6.48. The third-order valence-electron chi connectivity index (χ3n) is 5.74. The lowest BCUT2D eigenvalue weighted by Gasteiger charge is -2.57. The van der Waals surface area contributed by atoms with Gasteiger partial charge in [-0.1, -0.05) is 18.9 Å². The number of piperidine rings is 1. The average molecular weight is 243 g/mol. The number of nitrogens with one attached hydrogen (secondary N) is 1. The van der Waals surface area contributed by atoms with E-state index in [-0.39, 0.29) is 0 Å². The van der Waals surface area contributed by atoms with E-state index in [2.05, 4.69) is 11.4 Å². The first-order valence-electron chi connectivity index (χ1n) is 7.47. The first kappa shape index (κ1) is 11.0. The van der Waals surface area contributed by atoms with Crippen molar-refractivity contribution in [2.45, 2.75) is 51.0 Å². The number of fused-ring (bicyclic) bond motifs is 1. The zero-order valence-electron chi connectivity index (χ0n) is 10.9. The second-order valence-corrected chi connectivity index (χ2v) is 6.48. The molecule has 3 aliphatic carbocycles. The molecule has 0 spiro atoms. The molecule has 1 saturated heterocycles. The standard InChI is InChI=1S/C16H21NO/c18-12-5-4-11-9-15-13-3-1-2-6-16(13,7-8-17-15)14(11)10-12/h4,10,13,15,17H,1-3,5-9H2/t13-,15+,16+/m0/s1. The minimum absolute atomic E-state index is 0.324. The van der Waals surface area contributed by atoms with Gasteiger partial charge in [0.15, 0.2) is 5.78 Å². The van der Waals surface area contributed by atoms with E-state index in [1.54, 1.807) is 0 Å². The van der Waals surface area contributed by atoms with Gasteiger partial charge in [-0.2, -0.15) is 0 Å². The summed E-state index contributed by atoms with van der Waals surface area (Å²) in [5.74, 6) is 1.11. The largest absolute Gasteiger partial charge is 0.313 e. The fourth-order valence-electron chi connectivity index (χ4n) is 5.01. The summed E-state index contributed by atoms with van der Waals surface area (Å²) < 4.78 is 0. The Morgan fingerprint density at radius 3 is 3.17 bits per heavy atom. The molecule has 0 aromatic heterocycles. The highest BCUT2D eigenvalue weighted by Crippen LogP contribution is 2.59. The highest BCUT2D eigenvalue weighted by Gasteiger charge is 2.53. The summed E-state index contributed by atoms with van der Waals surface area (Å²) in [7, 11) is 0. The van der Waals surface area contributed by atoms with Crippen LogP contribution in [0.4, 0.5) is 0 Å². The molecule has 1 aliphatic heterocycles. The molecule has 0 aromatic carbocycles. The van der Waals surface area contributed by atoms with Crippen molar-refractivity contribution in [2.24, 2.45) is 11.3 Å². The van der Waals surface area contributed by atoms with Gasteiger partial charge >= 0.3 is 0 Å². The van der Waals surface area contributed by atoms with E-state index in [0.29, 0.717) is 23.7 Å². The van der Waals surface area contributed by atoms with E-state index >= 15 is 0 Å². The van der Waals surface area contributed by atoms with Gasteiger partial charge in [-0.25, -0.2) is 0 Å². The molecule has 2 saturated carbocycles. The van der Waals surface area contributed by atoms with Crippen LogP contribution in [0.1, 0.15) is 44.9 Å². The molecule has 3 fully saturated rings. The summed E-state index contributed by atoms with van der Waals surface area (Å²) in [6.07, 6.45) is 12.7. The van der Waals surface area contributed by atoms with Crippen LogP contribution in [0, 0.1) is 11.3 Å². The van der Waals surface area contributed by atoms with Crippen molar-refractivity contribution in [3.05, 3.63) is 23.3 Å². The van der Waals surface area contributed by atoms with Crippen molar-refractivity contribution in [2.75, 3.05) is 6.54 Å². The van der Waals surface area contributed by atoms with E-state index in [0.717, 1.165) is 18.9 Å². The molecule has 0 aromatic rings. The first-order valence-corrected chi connectivity index (χ1v) is 7.47. The highest BCUT2D eigenvalue weighted by molar-refractivity contribution is 5.94. The monoisotopic (exact) mass is 243 g/mol. The molecule has 4 rings (SSSR count). The van der Waals surface area contributed by atoms with E-state index in [1.807, 2.05) is 6.08 Å². The molecule has 0 amide bonds. The van der Waals surface area contributed by atoms with Gasteiger partial charge < -0.3 is 5.32 Å². The summed E-state index contributed by atoms with van der Waals surface area (Å²) in [6.45, 7) is 1.14. The number of allylic oxidation sites excluding steroid dienone is 3. The Hall–Kier alpha value is -0.890. The predicted octanol–water partition coefficient (Wildman–Crippen LogP) is 2.75. The molecule has 2 heteroatoms. The van der Waals surface area contributed by atoms with Crippen molar-refractivity contribution < 1.29 is 4.79 Å². The molecular formula is C16H21NO. The minimum atomic E-state index is 0.324. The molecule has 3 atom stereocenters. The molecule has 18 heavy (non-hydrogen) atoms. The van der Waals surface area contributed by atoms with Crippen molar-refractivity contribution in [1.82, 2.24) is 5.32 Å². The smallest absolute Gasteiger partial charge is 0.159 e. The van der Waals surface area contributed by atoms with Gasteiger partial charge in [0.25, 0.3) is 0 Å². The van der Waals surface area contributed by atoms with Gasteiger partial charge in [0.2, 0.25) is 0 Å². The zero-order chi connectivity index (χ0) is 12.2. The Morgan fingerprint density at radius 2 is 2.22 bits per heavy atom. The van der Waals surface area contributed by atoms with Crippen LogP contribution in [0.5, 0.6) is 0 Å². The fraction of sp³-hybridized carbons (Fsp3) is 0.688. The normalized spacial score (nSPS) is 42.6. The van der Waals surface area contributed by atoms with Gasteiger partial charge in [-0.3, -0.25) is 4.79 Å². The van der Waals surface area contributed by atoms with E-state index in [1.165, 1.54) is 43.3 Å². The number of ketones is 1. The fourth-order valence-corrected chi connectivity index (χ4v) is 5.01. The summed E-state index contributed by atoms with van der Waals surface area (Å²) in [4.78, 5) is 11.8. The molecule has 4 aliphatic rings. The summed E-state index contributed by atoms with van der Waals surface area (Å²) in [5.41, 5.74) is 3.29. The topological polar surface area (TPSA) is 29.1 Å². The van der Waals surface area contributed by atoms with Gasteiger partial charge in [-0.05, 0) is 55.4 Å². The summed E-state index contributed by atoms with van der Waals surface area (Å²) >= 11 is 0. The molecule has 0 radical (unpaired) electrons. The molecule has 0 unspecified atom stereocenters. The van der Waals surface area contributed by atoms with Crippen LogP contribution in [-0.4, -0.2) is 18.4 Å². The lowest BCUT2D eigenvalue weighted by molar-refractivity contribution is -0.114. The number of rotatable bonds is 0. The third kappa shape index (κ3) is 1.36. The van der Waals surface area contributed by atoms with Crippen molar-refractivity contribution in [1.29, 1.82) is 0 Å². The highest BCUT2D eigenvalue weighted by atomic mass is 16.1. The Labute approximate surface area is 109 Å². The summed E-state index contributed by atoms with van der Waals surface area (Å²) in [5, 5.41) is 3.74. The van der Waals surface area contributed by atoms with Gasteiger partial charge in [-0.15, -0.1) is 0 Å². The second kappa shape index (κ2) is 3.80. The molecule has 2 bridgehead atoms. The Bertz CT molecular complexity index is 458. The minimum Gasteiger partial charge on any atom is -0.313 e. The van der Waals surface area contributed by atoms with E-state index in [9.17, 15) is 4.79 Å². The van der Waals surface area contributed by atoms with Crippen molar-refractivity contribution in [3.63, 3.8) is 0 Å². The number of hydrogen-bond donors (Lipinski definition) is 1. The maximum absolute atomic E-state index is 11.8. The van der Waals surface area contributed by atoms with E-state index in [4.69, 9.17) is 0 Å². The lowest BCUT2D eigenvalue weighted by atomic mass is 9.51. The summed E-state index contributed by atoms with van der Waals surface area (Å²) in [6, 6.07) is 0.677. The van der Waals surface area contributed by atoms with Crippen LogP contribution >= 0.6 is 0 Å². The van der Waals surface area contributed by atoms with Crippen LogP contribution in [0.15, 0.2) is 23.3 Å². The average Bonchev–Trinajstić information content (AvgIpc) is 2.40. The molecule has 96 valence electrons. The maximum atomic E-state index is 11.8. The predicted molar refractivity (Wildman–Crippen MR) is 71.2 cm³/mol. The first-order chi connectivity index (χ1) is 8.79. The molecular weight excluding hydrogens is 222 g/mol. The van der Waals surface area contributed by atoms with Crippen molar-refractivity contribution in [3.8, 4) is 0 Å². The molecule has 1 N–H and O–H groups in total. The SMILES string of the molecule is O=C1C=C2C(=CC1)C[C@H]1NCC[C@@]23CCCC[C@@H]13. The van der Waals surface area contributed by atoms with Crippen LogP contribution in [-0.2, 0) is 4.79 Å². The Kier molecular flexibility index (Phi) is 2.32. The molecule has 2 nitrogen and oxygen atoms in total. The van der Waals surface area contributed by atoms with E-state index < -0.39 is 0 Å². The van der Waals surface area contributed by atoms with Crippen LogP contribution in [0.3, 0.4) is 0 Å². The van der Waals surface area contributed by atoms with Gasteiger partial charge in [0.1, 0.15) is 0 Å². The van der Waals surface area contributed by atoms with Crippen LogP contribution in [0.25, 0.3) is 0 Å². The maximum Gasteiger partial charge on any atom is 0.159 e. The zero-order valence-corrected chi connectivity index (χ0v) is 10.9. The number of carbonyl (C=O) groups excluding carboxylic acids is 1. The van der Waals surface area contributed by atoms with Crippen LogP contribution < -0.4 is 5.32 Å². The molecule has 1 heterocycles. The quantitative estimate of drug-likeness (QED) is 0.709. The number of hydrogen-bond acceptors (Lipinski definition) is 2. The number of carbonyl (C=O) groups is 1. The lowest BCUT2D eigenvalue weighted by Crippen LogP contribution is -2.57. The van der Waals surface area contributed by atoms with Gasteiger partial charge in [0, 0.05) is 17.9 Å². The third-order valence-corrected chi connectivity index (χ3v) is 5.74. The Balaban J connectivity index is 1.84.